The standard InChI is InChI=1S/C14H20N4/c1-2-17-8-4-6-11(17)9-14-16-10-12-5-3-7-13(15)18(12)14/h3,5,7,10-11H,2,4,6,8-9,15H2,1H3. The highest BCUT2D eigenvalue weighted by Crippen LogP contribution is 2.22. The highest BCUT2D eigenvalue weighted by atomic mass is 15.2. The molecule has 1 atom stereocenters. The fraction of sp³-hybridized carbons (Fsp3) is 0.500. The number of aromatic nitrogens is 2. The number of fused-ring (bicyclic) bond motifs is 1. The summed E-state index contributed by atoms with van der Waals surface area (Å²) in [5.41, 5.74) is 7.14. The van der Waals surface area contributed by atoms with Crippen LogP contribution in [0.2, 0.25) is 0 Å². The zero-order valence-electron chi connectivity index (χ0n) is 10.8. The third kappa shape index (κ3) is 1.86. The number of nitrogens with zero attached hydrogens (tertiary/aromatic N) is 3. The molecule has 1 aliphatic heterocycles. The number of hydrogen-bond acceptors (Lipinski definition) is 3. The molecule has 96 valence electrons. The second-order valence-corrected chi connectivity index (χ2v) is 5.01. The minimum atomic E-state index is 0.625. The van der Waals surface area contributed by atoms with E-state index in [1.807, 2.05) is 18.3 Å². The van der Waals surface area contributed by atoms with E-state index in [0.717, 1.165) is 30.1 Å². The Hall–Kier alpha value is -1.55. The van der Waals surface area contributed by atoms with Crippen molar-refractivity contribution in [3.05, 3.63) is 30.2 Å². The lowest BCUT2D eigenvalue weighted by Crippen LogP contribution is -2.31. The maximum Gasteiger partial charge on any atom is 0.116 e. The molecule has 1 saturated heterocycles. The van der Waals surface area contributed by atoms with Gasteiger partial charge in [0.25, 0.3) is 0 Å². The van der Waals surface area contributed by atoms with Gasteiger partial charge in [-0.15, -0.1) is 0 Å². The SMILES string of the molecule is CCN1CCCC1Cc1ncc2cccc(N)n12. The zero-order chi connectivity index (χ0) is 12.5. The van der Waals surface area contributed by atoms with Gasteiger partial charge in [-0.1, -0.05) is 13.0 Å². The second kappa shape index (κ2) is 4.61. The molecule has 3 rings (SSSR count). The Bertz CT molecular complexity index is 546. The van der Waals surface area contributed by atoms with E-state index in [0.29, 0.717) is 6.04 Å². The van der Waals surface area contributed by atoms with E-state index in [4.69, 9.17) is 5.73 Å². The molecule has 2 aromatic heterocycles. The molecule has 1 fully saturated rings. The van der Waals surface area contributed by atoms with Crippen LogP contribution in [0.5, 0.6) is 0 Å². The van der Waals surface area contributed by atoms with Gasteiger partial charge in [-0.2, -0.15) is 0 Å². The largest absolute Gasteiger partial charge is 0.385 e. The van der Waals surface area contributed by atoms with Crippen LogP contribution in [0.15, 0.2) is 24.4 Å². The van der Waals surface area contributed by atoms with E-state index in [1.165, 1.54) is 19.4 Å². The van der Waals surface area contributed by atoms with Gasteiger partial charge in [-0.3, -0.25) is 4.40 Å². The lowest BCUT2D eigenvalue weighted by Gasteiger charge is -2.22. The van der Waals surface area contributed by atoms with Crippen LogP contribution < -0.4 is 5.73 Å². The predicted molar refractivity (Wildman–Crippen MR) is 73.6 cm³/mol. The van der Waals surface area contributed by atoms with Crippen molar-refractivity contribution < 1.29 is 0 Å². The molecular formula is C14H20N4. The number of rotatable bonds is 3. The van der Waals surface area contributed by atoms with Gasteiger partial charge < -0.3 is 10.6 Å². The number of likely N-dealkylation sites (tertiary alicyclic amines) is 1. The maximum atomic E-state index is 6.05. The molecule has 2 aromatic rings. The van der Waals surface area contributed by atoms with Crippen LogP contribution in [0.3, 0.4) is 0 Å². The van der Waals surface area contributed by atoms with Gasteiger partial charge in [-0.05, 0) is 38.1 Å². The Morgan fingerprint density at radius 3 is 3.17 bits per heavy atom. The van der Waals surface area contributed by atoms with Crippen molar-refractivity contribution in [2.45, 2.75) is 32.2 Å². The highest BCUT2D eigenvalue weighted by Gasteiger charge is 2.24. The maximum absolute atomic E-state index is 6.05. The van der Waals surface area contributed by atoms with E-state index >= 15 is 0 Å². The Morgan fingerprint density at radius 1 is 1.44 bits per heavy atom. The third-order valence-electron chi connectivity index (χ3n) is 3.98. The molecule has 4 heteroatoms. The van der Waals surface area contributed by atoms with Gasteiger partial charge in [0.05, 0.1) is 11.7 Å². The molecule has 18 heavy (non-hydrogen) atoms. The number of nitrogens with two attached hydrogens (primary N) is 1. The second-order valence-electron chi connectivity index (χ2n) is 5.01. The van der Waals surface area contributed by atoms with Crippen LogP contribution >= 0.6 is 0 Å². The smallest absolute Gasteiger partial charge is 0.116 e. The Labute approximate surface area is 107 Å². The van der Waals surface area contributed by atoms with Crippen molar-refractivity contribution >= 4 is 11.3 Å². The first-order valence-electron chi connectivity index (χ1n) is 6.74. The molecule has 0 aliphatic carbocycles. The summed E-state index contributed by atoms with van der Waals surface area (Å²) in [5.74, 6) is 1.87. The van der Waals surface area contributed by atoms with Gasteiger partial charge in [0.2, 0.25) is 0 Å². The zero-order valence-corrected chi connectivity index (χ0v) is 10.8. The molecule has 2 N–H and O–H groups in total. The minimum absolute atomic E-state index is 0.625. The molecule has 0 amide bonds. The average molecular weight is 244 g/mol. The van der Waals surface area contributed by atoms with Gasteiger partial charge in [0.1, 0.15) is 11.6 Å². The van der Waals surface area contributed by atoms with Crippen LogP contribution in [-0.2, 0) is 6.42 Å². The topological polar surface area (TPSA) is 46.6 Å². The van der Waals surface area contributed by atoms with E-state index in [1.54, 1.807) is 0 Å². The molecule has 0 bridgehead atoms. The monoisotopic (exact) mass is 244 g/mol. The van der Waals surface area contributed by atoms with Crippen molar-refractivity contribution in [2.75, 3.05) is 18.8 Å². The summed E-state index contributed by atoms with van der Waals surface area (Å²) in [7, 11) is 0. The first-order valence-corrected chi connectivity index (χ1v) is 6.74. The normalized spacial score (nSPS) is 20.8. The fourth-order valence-electron chi connectivity index (χ4n) is 3.04. The molecule has 0 saturated carbocycles. The average Bonchev–Trinajstić information content (AvgIpc) is 2.97. The summed E-state index contributed by atoms with van der Waals surface area (Å²) in [6, 6.07) is 6.59. The van der Waals surface area contributed by atoms with Gasteiger partial charge >= 0.3 is 0 Å². The number of nitrogen functional groups attached to an aromatic ring is 1. The lowest BCUT2D eigenvalue weighted by atomic mass is 10.1. The number of hydrogen-bond donors (Lipinski definition) is 1. The van der Waals surface area contributed by atoms with E-state index in [9.17, 15) is 0 Å². The van der Waals surface area contributed by atoms with Gasteiger partial charge in [-0.25, -0.2) is 4.98 Å². The summed E-state index contributed by atoms with van der Waals surface area (Å²) in [6.07, 6.45) is 5.49. The molecular weight excluding hydrogens is 224 g/mol. The predicted octanol–water partition coefficient (Wildman–Crippen LogP) is 1.94. The van der Waals surface area contributed by atoms with Crippen LogP contribution in [-0.4, -0.2) is 33.4 Å². The van der Waals surface area contributed by atoms with Crippen molar-refractivity contribution in [1.82, 2.24) is 14.3 Å². The van der Waals surface area contributed by atoms with Crippen molar-refractivity contribution in [2.24, 2.45) is 0 Å². The third-order valence-corrected chi connectivity index (χ3v) is 3.98. The highest BCUT2D eigenvalue weighted by molar-refractivity contribution is 5.53. The molecule has 4 nitrogen and oxygen atoms in total. The summed E-state index contributed by atoms with van der Waals surface area (Å²) in [5, 5.41) is 0. The van der Waals surface area contributed by atoms with Crippen LogP contribution in [0.25, 0.3) is 5.52 Å². The van der Waals surface area contributed by atoms with E-state index in [-0.39, 0.29) is 0 Å². The van der Waals surface area contributed by atoms with Crippen molar-refractivity contribution in [1.29, 1.82) is 0 Å². The van der Waals surface area contributed by atoms with Crippen LogP contribution in [0.1, 0.15) is 25.6 Å². The van der Waals surface area contributed by atoms with Crippen LogP contribution in [0.4, 0.5) is 5.82 Å². The van der Waals surface area contributed by atoms with Crippen molar-refractivity contribution in [3.8, 4) is 0 Å². The van der Waals surface area contributed by atoms with Gasteiger partial charge in [0, 0.05) is 12.5 Å². The summed E-state index contributed by atoms with van der Waals surface area (Å²) >= 11 is 0. The number of imidazole rings is 1. The van der Waals surface area contributed by atoms with E-state index < -0.39 is 0 Å². The molecule has 1 unspecified atom stereocenters. The minimum Gasteiger partial charge on any atom is -0.385 e. The molecule has 0 aromatic carbocycles. The number of pyridine rings is 1. The molecule has 0 radical (unpaired) electrons. The summed E-state index contributed by atoms with van der Waals surface area (Å²) in [4.78, 5) is 7.09. The number of likely N-dealkylation sites (N-methyl/N-ethyl adjacent to an activating group) is 1. The van der Waals surface area contributed by atoms with Crippen LogP contribution in [0, 0.1) is 0 Å². The molecule has 3 heterocycles. The lowest BCUT2D eigenvalue weighted by molar-refractivity contribution is 0.263. The first-order chi connectivity index (χ1) is 8.79. The number of anilines is 1. The van der Waals surface area contributed by atoms with Gasteiger partial charge in [0.15, 0.2) is 0 Å². The molecule has 0 spiro atoms. The fourth-order valence-corrected chi connectivity index (χ4v) is 3.04. The first kappa shape index (κ1) is 11.5. The Morgan fingerprint density at radius 2 is 2.33 bits per heavy atom. The Balaban J connectivity index is 1.91. The quantitative estimate of drug-likeness (QED) is 0.897. The van der Waals surface area contributed by atoms with E-state index in [2.05, 4.69) is 27.3 Å². The summed E-state index contributed by atoms with van der Waals surface area (Å²) < 4.78 is 2.08. The molecule has 1 aliphatic rings. The van der Waals surface area contributed by atoms with Crippen molar-refractivity contribution in [3.63, 3.8) is 0 Å². The Kier molecular flexibility index (Phi) is 2.96. The summed E-state index contributed by atoms with van der Waals surface area (Å²) in [6.45, 7) is 4.58.